The second kappa shape index (κ2) is 11.1. The van der Waals surface area contributed by atoms with Gasteiger partial charge in [-0.05, 0) is 13.3 Å². The van der Waals surface area contributed by atoms with Crippen LogP contribution in [0.5, 0.6) is 0 Å². The molecule has 0 aromatic rings. The lowest BCUT2D eigenvalue weighted by Gasteiger charge is -1.91. The molecule has 0 saturated carbocycles. The van der Waals surface area contributed by atoms with Crippen LogP contribution < -0.4 is 0 Å². The Labute approximate surface area is 62.9 Å². The van der Waals surface area contributed by atoms with E-state index >= 15 is 0 Å². The average molecular weight is 144 g/mol. The molecule has 2 nitrogen and oxygen atoms in total. The highest BCUT2D eigenvalue weighted by molar-refractivity contribution is 5.68. The van der Waals surface area contributed by atoms with Gasteiger partial charge in [-0.2, -0.15) is 0 Å². The Morgan fingerprint density at radius 3 is 2.20 bits per heavy atom. The molecule has 0 fully saturated rings. The van der Waals surface area contributed by atoms with Crippen LogP contribution in [0.15, 0.2) is 12.7 Å². The molecule has 0 bridgehead atoms. The maximum atomic E-state index is 10.2. The standard InChI is InChI=1S/C5H10O2.C3H6/c1-3-4-5(6)7-2;1-3-2/h3-4H2,1-2H3;3H,1H2,2H3. The zero-order valence-corrected chi connectivity index (χ0v) is 7.02. The van der Waals surface area contributed by atoms with Crippen molar-refractivity contribution in [2.75, 3.05) is 7.11 Å². The maximum absolute atomic E-state index is 10.2. The molecule has 0 aliphatic rings. The van der Waals surface area contributed by atoms with Crippen LogP contribution >= 0.6 is 0 Å². The van der Waals surface area contributed by atoms with Crippen LogP contribution in [-0.4, -0.2) is 13.1 Å². The van der Waals surface area contributed by atoms with Gasteiger partial charge in [0, 0.05) is 6.42 Å². The number of allylic oxidation sites excluding steroid dienone is 1. The minimum atomic E-state index is -0.123. The molecule has 0 rings (SSSR count). The van der Waals surface area contributed by atoms with Gasteiger partial charge in [0.05, 0.1) is 7.11 Å². The summed E-state index contributed by atoms with van der Waals surface area (Å²) in [6.45, 7) is 7.19. The van der Waals surface area contributed by atoms with Crippen molar-refractivity contribution < 1.29 is 9.53 Å². The highest BCUT2D eigenvalue weighted by Crippen LogP contribution is 1.86. The zero-order chi connectivity index (χ0) is 8.41. The maximum Gasteiger partial charge on any atom is 0.305 e. The van der Waals surface area contributed by atoms with Crippen LogP contribution in [0.25, 0.3) is 0 Å². The van der Waals surface area contributed by atoms with E-state index in [1.165, 1.54) is 7.11 Å². The van der Waals surface area contributed by atoms with E-state index in [1.807, 2.05) is 13.8 Å². The number of esters is 1. The molecular weight excluding hydrogens is 128 g/mol. The number of hydrogen-bond acceptors (Lipinski definition) is 2. The first kappa shape index (κ1) is 11.9. The average Bonchev–Trinajstić information content (AvgIpc) is 1.90. The van der Waals surface area contributed by atoms with Crippen molar-refractivity contribution in [1.82, 2.24) is 0 Å². The summed E-state index contributed by atoms with van der Waals surface area (Å²) in [5.74, 6) is -0.123. The lowest BCUT2D eigenvalue weighted by atomic mass is 10.3. The third kappa shape index (κ3) is 15.7. The van der Waals surface area contributed by atoms with Crippen molar-refractivity contribution >= 4 is 5.97 Å². The van der Waals surface area contributed by atoms with Gasteiger partial charge in [0.25, 0.3) is 0 Å². The fourth-order valence-electron chi connectivity index (χ4n) is 0.306. The Kier molecular flexibility index (Phi) is 13.2. The SMILES string of the molecule is C=CC.CCCC(=O)OC. The van der Waals surface area contributed by atoms with E-state index in [4.69, 9.17) is 0 Å². The fraction of sp³-hybridized carbons (Fsp3) is 0.625. The summed E-state index contributed by atoms with van der Waals surface area (Å²) in [4.78, 5) is 10.2. The van der Waals surface area contributed by atoms with Gasteiger partial charge < -0.3 is 4.74 Å². The first-order chi connectivity index (χ1) is 4.72. The van der Waals surface area contributed by atoms with Gasteiger partial charge in [-0.25, -0.2) is 0 Å². The second-order valence-electron chi connectivity index (χ2n) is 1.73. The number of hydrogen-bond donors (Lipinski definition) is 0. The summed E-state index contributed by atoms with van der Waals surface area (Å²) in [6.07, 6.45) is 3.16. The smallest absolute Gasteiger partial charge is 0.305 e. The molecule has 0 heterocycles. The van der Waals surface area contributed by atoms with E-state index in [9.17, 15) is 4.79 Å². The topological polar surface area (TPSA) is 26.3 Å². The molecule has 2 heteroatoms. The predicted octanol–water partition coefficient (Wildman–Crippen LogP) is 2.15. The number of rotatable bonds is 2. The highest BCUT2D eigenvalue weighted by atomic mass is 16.5. The van der Waals surface area contributed by atoms with Gasteiger partial charge in [0.1, 0.15) is 0 Å². The van der Waals surface area contributed by atoms with Gasteiger partial charge in [-0.1, -0.05) is 13.0 Å². The molecule has 0 unspecified atom stereocenters. The molecule has 0 N–H and O–H groups in total. The number of ether oxygens (including phenoxy) is 1. The Morgan fingerprint density at radius 2 is 2.10 bits per heavy atom. The zero-order valence-electron chi connectivity index (χ0n) is 7.02. The van der Waals surface area contributed by atoms with Gasteiger partial charge in [0.15, 0.2) is 0 Å². The van der Waals surface area contributed by atoms with Crippen molar-refractivity contribution in [2.45, 2.75) is 26.7 Å². The third-order valence-electron chi connectivity index (χ3n) is 0.682. The molecule has 0 atom stereocenters. The van der Waals surface area contributed by atoms with Crippen LogP contribution in [0.4, 0.5) is 0 Å². The van der Waals surface area contributed by atoms with Crippen LogP contribution in [0, 0.1) is 0 Å². The fourth-order valence-corrected chi connectivity index (χ4v) is 0.306. The summed E-state index contributed by atoms with van der Waals surface area (Å²) < 4.78 is 4.35. The second-order valence-corrected chi connectivity index (χ2v) is 1.73. The molecule has 60 valence electrons. The Balaban J connectivity index is 0. The van der Waals surface area contributed by atoms with E-state index in [0.717, 1.165) is 6.42 Å². The molecule has 10 heavy (non-hydrogen) atoms. The van der Waals surface area contributed by atoms with E-state index in [0.29, 0.717) is 6.42 Å². The van der Waals surface area contributed by atoms with Crippen LogP contribution in [0.3, 0.4) is 0 Å². The molecule has 0 spiro atoms. The summed E-state index contributed by atoms with van der Waals surface area (Å²) in [5, 5.41) is 0. The third-order valence-corrected chi connectivity index (χ3v) is 0.682. The van der Waals surface area contributed by atoms with Crippen molar-refractivity contribution in [3.8, 4) is 0 Å². The molecule has 0 amide bonds. The van der Waals surface area contributed by atoms with Crippen LogP contribution in [-0.2, 0) is 9.53 Å². The summed E-state index contributed by atoms with van der Waals surface area (Å²) in [5.41, 5.74) is 0. The highest BCUT2D eigenvalue weighted by Gasteiger charge is 1.92. The van der Waals surface area contributed by atoms with Crippen LogP contribution in [0.2, 0.25) is 0 Å². The molecule has 0 aromatic carbocycles. The largest absolute Gasteiger partial charge is 0.469 e. The van der Waals surface area contributed by atoms with Crippen molar-refractivity contribution in [1.29, 1.82) is 0 Å². The minimum Gasteiger partial charge on any atom is -0.469 e. The normalized spacial score (nSPS) is 7.10. The first-order valence-electron chi connectivity index (χ1n) is 3.36. The Bertz CT molecular complexity index is 87.3. The van der Waals surface area contributed by atoms with Crippen molar-refractivity contribution in [3.63, 3.8) is 0 Å². The summed E-state index contributed by atoms with van der Waals surface area (Å²) >= 11 is 0. The lowest BCUT2D eigenvalue weighted by molar-refractivity contribution is -0.140. The van der Waals surface area contributed by atoms with Crippen molar-refractivity contribution in [2.24, 2.45) is 0 Å². The predicted molar refractivity (Wildman–Crippen MR) is 42.8 cm³/mol. The molecule has 0 aliphatic heterocycles. The lowest BCUT2D eigenvalue weighted by Crippen LogP contribution is -1.97. The molecule has 0 radical (unpaired) electrons. The Hall–Kier alpha value is -0.790. The van der Waals surface area contributed by atoms with Gasteiger partial charge in [0.2, 0.25) is 0 Å². The number of carbonyl (C=O) groups is 1. The monoisotopic (exact) mass is 144 g/mol. The molecule has 0 aliphatic carbocycles. The number of carbonyl (C=O) groups excluding carboxylic acids is 1. The minimum absolute atomic E-state index is 0.123. The van der Waals surface area contributed by atoms with E-state index < -0.39 is 0 Å². The van der Waals surface area contributed by atoms with Crippen LogP contribution in [0.1, 0.15) is 26.7 Å². The van der Waals surface area contributed by atoms with E-state index in [1.54, 1.807) is 6.08 Å². The summed E-state index contributed by atoms with van der Waals surface area (Å²) in [6, 6.07) is 0. The van der Waals surface area contributed by atoms with Gasteiger partial charge >= 0.3 is 5.97 Å². The number of methoxy groups -OCH3 is 1. The quantitative estimate of drug-likeness (QED) is 0.438. The van der Waals surface area contributed by atoms with Gasteiger partial charge in [-0.15, -0.1) is 6.58 Å². The first-order valence-corrected chi connectivity index (χ1v) is 3.36. The van der Waals surface area contributed by atoms with Crippen molar-refractivity contribution in [3.05, 3.63) is 12.7 Å². The molecule has 0 saturated heterocycles. The van der Waals surface area contributed by atoms with Gasteiger partial charge in [-0.3, -0.25) is 4.79 Å². The molecular formula is C8H16O2. The Morgan fingerprint density at radius 1 is 1.70 bits per heavy atom. The summed E-state index contributed by atoms with van der Waals surface area (Å²) in [7, 11) is 1.40. The van der Waals surface area contributed by atoms with E-state index in [-0.39, 0.29) is 5.97 Å². The van der Waals surface area contributed by atoms with E-state index in [2.05, 4.69) is 11.3 Å². The molecule has 0 aromatic heterocycles.